The third kappa shape index (κ3) is 2.04. The molecule has 0 aliphatic carbocycles. The molecule has 0 bridgehead atoms. The summed E-state index contributed by atoms with van der Waals surface area (Å²) in [4.78, 5) is 5.27. The first-order chi connectivity index (χ1) is 7.76. The number of ether oxygens (including phenoxy) is 1. The largest absolute Gasteiger partial charge is 0.480 e. The third-order valence-electron chi connectivity index (χ3n) is 2.41. The van der Waals surface area contributed by atoms with Crippen molar-refractivity contribution in [3.63, 3.8) is 0 Å². The summed E-state index contributed by atoms with van der Waals surface area (Å²) in [5.74, 6) is 0.643. The van der Waals surface area contributed by atoms with E-state index in [-0.39, 0.29) is 12.6 Å². The molecule has 0 radical (unpaired) electrons. The molecule has 0 aliphatic heterocycles. The van der Waals surface area contributed by atoms with Crippen molar-refractivity contribution < 1.29 is 9.84 Å². The third-order valence-corrected chi connectivity index (χ3v) is 3.17. The number of hydrogen-bond donors (Lipinski definition) is 2. The van der Waals surface area contributed by atoms with Gasteiger partial charge in [0.1, 0.15) is 5.69 Å². The van der Waals surface area contributed by atoms with Gasteiger partial charge in [-0.2, -0.15) is 4.98 Å². The SMILES string of the molecule is COc1nc2sccn2c1CNC(C)CO. The molecule has 16 heavy (non-hydrogen) atoms. The highest BCUT2D eigenvalue weighted by atomic mass is 32.1. The Bertz CT molecular complexity index is 466. The van der Waals surface area contributed by atoms with Crippen LogP contribution in [-0.4, -0.2) is 34.2 Å². The first-order valence-electron chi connectivity index (χ1n) is 5.09. The molecule has 0 amide bonds. The molecule has 6 heteroatoms. The zero-order valence-electron chi connectivity index (χ0n) is 9.30. The summed E-state index contributed by atoms with van der Waals surface area (Å²) in [6.07, 6.45) is 1.97. The zero-order chi connectivity index (χ0) is 11.5. The van der Waals surface area contributed by atoms with Crippen LogP contribution < -0.4 is 10.1 Å². The first-order valence-corrected chi connectivity index (χ1v) is 5.97. The van der Waals surface area contributed by atoms with Crippen molar-refractivity contribution in [2.24, 2.45) is 0 Å². The van der Waals surface area contributed by atoms with E-state index < -0.39 is 0 Å². The molecule has 5 nitrogen and oxygen atoms in total. The van der Waals surface area contributed by atoms with Gasteiger partial charge in [0.05, 0.1) is 13.7 Å². The van der Waals surface area contributed by atoms with E-state index in [0.29, 0.717) is 12.4 Å². The van der Waals surface area contributed by atoms with Gasteiger partial charge in [-0.1, -0.05) is 0 Å². The molecule has 1 atom stereocenters. The van der Waals surface area contributed by atoms with E-state index in [1.165, 1.54) is 0 Å². The monoisotopic (exact) mass is 241 g/mol. The topological polar surface area (TPSA) is 58.8 Å². The summed E-state index contributed by atoms with van der Waals surface area (Å²) in [6, 6.07) is 0.0638. The summed E-state index contributed by atoms with van der Waals surface area (Å²) in [7, 11) is 1.62. The van der Waals surface area contributed by atoms with Crippen LogP contribution in [0, 0.1) is 0 Å². The Labute approximate surface area is 97.7 Å². The smallest absolute Gasteiger partial charge is 0.237 e. The van der Waals surface area contributed by atoms with Gasteiger partial charge in [0.2, 0.25) is 5.88 Å². The summed E-state index contributed by atoms with van der Waals surface area (Å²) >= 11 is 1.57. The number of aliphatic hydroxyl groups excluding tert-OH is 1. The standard InChI is InChI=1S/C10H15N3O2S/c1-7(6-14)11-5-8-9(15-2)12-10-13(8)3-4-16-10/h3-4,7,11,14H,5-6H2,1-2H3. The molecule has 0 spiro atoms. The highest BCUT2D eigenvalue weighted by Crippen LogP contribution is 2.22. The van der Waals surface area contributed by atoms with Crippen molar-refractivity contribution in [2.75, 3.05) is 13.7 Å². The molecule has 2 N–H and O–H groups in total. The number of fused-ring (bicyclic) bond motifs is 1. The van der Waals surface area contributed by atoms with Crippen molar-refractivity contribution in [3.8, 4) is 5.88 Å². The Morgan fingerprint density at radius 1 is 1.69 bits per heavy atom. The van der Waals surface area contributed by atoms with E-state index in [4.69, 9.17) is 9.84 Å². The molecule has 88 valence electrons. The summed E-state index contributed by atoms with van der Waals surface area (Å²) in [5.41, 5.74) is 0.985. The second kappa shape index (κ2) is 4.82. The molecule has 2 aromatic rings. The minimum atomic E-state index is 0.0638. The van der Waals surface area contributed by atoms with Crippen molar-refractivity contribution in [1.29, 1.82) is 0 Å². The Hall–Kier alpha value is -1.11. The molecule has 2 aromatic heterocycles. The minimum absolute atomic E-state index is 0.0638. The van der Waals surface area contributed by atoms with Crippen molar-refractivity contribution >= 4 is 16.3 Å². The van der Waals surface area contributed by atoms with E-state index in [2.05, 4.69) is 10.3 Å². The molecule has 0 aromatic carbocycles. The van der Waals surface area contributed by atoms with Crippen molar-refractivity contribution in [3.05, 3.63) is 17.3 Å². The number of nitrogens with zero attached hydrogens (tertiary/aromatic N) is 2. The molecule has 2 rings (SSSR count). The van der Waals surface area contributed by atoms with Gasteiger partial charge in [0.15, 0.2) is 4.96 Å². The highest BCUT2D eigenvalue weighted by molar-refractivity contribution is 7.15. The number of aliphatic hydroxyl groups is 1. The maximum Gasteiger partial charge on any atom is 0.237 e. The molecule has 0 saturated carbocycles. The minimum Gasteiger partial charge on any atom is -0.480 e. The highest BCUT2D eigenvalue weighted by Gasteiger charge is 2.13. The van der Waals surface area contributed by atoms with E-state index >= 15 is 0 Å². The molecule has 1 unspecified atom stereocenters. The van der Waals surface area contributed by atoms with Crippen LogP contribution in [0.5, 0.6) is 5.88 Å². The molecular formula is C10H15N3O2S. The molecule has 0 saturated heterocycles. The van der Waals surface area contributed by atoms with Crippen LogP contribution in [0.3, 0.4) is 0 Å². The maximum absolute atomic E-state index is 8.95. The number of methoxy groups -OCH3 is 1. The van der Waals surface area contributed by atoms with Gasteiger partial charge >= 0.3 is 0 Å². The average molecular weight is 241 g/mol. The lowest BCUT2D eigenvalue weighted by Crippen LogP contribution is -2.29. The Kier molecular flexibility index (Phi) is 3.42. The zero-order valence-corrected chi connectivity index (χ0v) is 10.1. The van der Waals surface area contributed by atoms with Crippen LogP contribution >= 0.6 is 11.3 Å². The van der Waals surface area contributed by atoms with Crippen LogP contribution in [0.2, 0.25) is 0 Å². The number of rotatable bonds is 5. The van der Waals surface area contributed by atoms with Gasteiger partial charge in [-0.15, -0.1) is 11.3 Å². The fourth-order valence-corrected chi connectivity index (χ4v) is 2.20. The van der Waals surface area contributed by atoms with Crippen molar-refractivity contribution in [1.82, 2.24) is 14.7 Å². The number of thiazole rings is 1. The quantitative estimate of drug-likeness (QED) is 0.815. The van der Waals surface area contributed by atoms with Crippen LogP contribution in [0.25, 0.3) is 4.96 Å². The average Bonchev–Trinajstić information content (AvgIpc) is 2.85. The van der Waals surface area contributed by atoms with E-state index in [9.17, 15) is 0 Å². The van der Waals surface area contributed by atoms with Gasteiger partial charge in [-0.25, -0.2) is 0 Å². The van der Waals surface area contributed by atoms with Crippen molar-refractivity contribution in [2.45, 2.75) is 19.5 Å². The van der Waals surface area contributed by atoms with Gasteiger partial charge in [0.25, 0.3) is 0 Å². The fraction of sp³-hybridized carbons (Fsp3) is 0.500. The molecular weight excluding hydrogens is 226 g/mol. The van der Waals surface area contributed by atoms with Crippen LogP contribution in [0.4, 0.5) is 0 Å². The van der Waals surface area contributed by atoms with Gasteiger partial charge < -0.3 is 15.2 Å². The second-order valence-corrected chi connectivity index (χ2v) is 4.46. The summed E-state index contributed by atoms with van der Waals surface area (Å²) in [5, 5.41) is 14.1. The summed E-state index contributed by atoms with van der Waals surface area (Å²) < 4.78 is 7.23. The van der Waals surface area contributed by atoms with E-state index in [1.807, 2.05) is 22.9 Å². The Balaban J connectivity index is 2.22. The number of imidazole rings is 1. The van der Waals surface area contributed by atoms with Gasteiger partial charge in [0, 0.05) is 24.2 Å². The summed E-state index contributed by atoms with van der Waals surface area (Å²) in [6.45, 7) is 2.68. The predicted molar refractivity (Wildman–Crippen MR) is 63.0 cm³/mol. The molecule has 0 aliphatic rings. The predicted octanol–water partition coefficient (Wildman–Crippen LogP) is 0.875. The normalized spacial score (nSPS) is 13.2. The van der Waals surface area contributed by atoms with E-state index in [0.717, 1.165) is 10.7 Å². The van der Waals surface area contributed by atoms with Crippen LogP contribution in [-0.2, 0) is 6.54 Å². The number of nitrogens with one attached hydrogen (secondary N) is 1. The van der Waals surface area contributed by atoms with Gasteiger partial charge in [-0.05, 0) is 6.92 Å². The molecule has 0 fully saturated rings. The van der Waals surface area contributed by atoms with Crippen LogP contribution in [0.15, 0.2) is 11.6 Å². The van der Waals surface area contributed by atoms with Gasteiger partial charge in [-0.3, -0.25) is 4.40 Å². The Morgan fingerprint density at radius 2 is 2.50 bits per heavy atom. The lowest BCUT2D eigenvalue weighted by molar-refractivity contribution is 0.250. The second-order valence-electron chi connectivity index (χ2n) is 3.59. The first kappa shape index (κ1) is 11.4. The lowest BCUT2D eigenvalue weighted by Gasteiger charge is -2.10. The fourth-order valence-electron chi connectivity index (χ4n) is 1.47. The maximum atomic E-state index is 8.95. The number of hydrogen-bond acceptors (Lipinski definition) is 5. The van der Waals surface area contributed by atoms with Crippen LogP contribution in [0.1, 0.15) is 12.6 Å². The van der Waals surface area contributed by atoms with E-state index in [1.54, 1.807) is 18.4 Å². The Morgan fingerprint density at radius 3 is 3.19 bits per heavy atom. The number of aromatic nitrogens is 2. The lowest BCUT2D eigenvalue weighted by atomic mass is 10.3. The molecule has 2 heterocycles.